The predicted molar refractivity (Wildman–Crippen MR) is 584 cm³/mol. The van der Waals surface area contributed by atoms with Gasteiger partial charge in [-0.15, -0.1) is 61.2 Å². The van der Waals surface area contributed by atoms with Crippen LogP contribution in [0.1, 0.15) is 214 Å². The Morgan fingerprint density at radius 2 is 0.680 bits per heavy atom. The molecule has 0 amide bonds. The van der Waals surface area contributed by atoms with Gasteiger partial charge in [0.15, 0.2) is 30.9 Å². The van der Waals surface area contributed by atoms with E-state index in [1.54, 1.807) is 88.2 Å². The number of benzene rings is 11. The Kier molecular flexibility index (Phi) is 33.0. The smallest absolute Gasteiger partial charge is 0.319 e. The largest absolute Gasteiger partial charge is 0.481 e. The molecule has 762 valence electrons. The Balaban J connectivity index is 0.000000132. The van der Waals surface area contributed by atoms with E-state index in [-0.39, 0.29) is 5.75 Å². The van der Waals surface area contributed by atoms with Crippen LogP contribution in [-0.4, -0.2) is 185 Å². The third-order valence-corrected chi connectivity index (χ3v) is 32.6. The van der Waals surface area contributed by atoms with Gasteiger partial charge in [-0.1, -0.05) is 242 Å². The lowest BCUT2D eigenvalue weighted by molar-refractivity contribution is -0.139. The molecule has 2 saturated carbocycles. The monoisotopic (exact) mass is 2090 g/mol. The minimum Gasteiger partial charge on any atom is -0.481 e. The first-order chi connectivity index (χ1) is 69.9. The summed E-state index contributed by atoms with van der Waals surface area (Å²) in [6.07, 6.45) is 15.5. The third-order valence-electron chi connectivity index (χ3n) is 26.0. The number of hydrogen-bond acceptors (Lipinski definition) is 24. The van der Waals surface area contributed by atoms with Crippen molar-refractivity contribution in [3.63, 3.8) is 0 Å². The number of carboxylic acids is 6. The maximum atomic E-state index is 11.5. The summed E-state index contributed by atoms with van der Waals surface area (Å²) in [6.45, 7) is 35.2. The van der Waals surface area contributed by atoms with Crippen molar-refractivity contribution in [2.24, 2.45) is 0 Å². The summed E-state index contributed by atoms with van der Waals surface area (Å²) in [6, 6.07) is 64.9. The number of aryl methyl sites for hydroxylation is 7. The van der Waals surface area contributed by atoms with Crippen molar-refractivity contribution in [1.82, 2.24) is 88.6 Å². The van der Waals surface area contributed by atoms with Crippen molar-refractivity contribution < 1.29 is 59.4 Å². The molecule has 2 fully saturated rings. The zero-order valence-electron chi connectivity index (χ0n) is 85.6. The Hall–Kier alpha value is -13.5. The molecule has 0 aliphatic heterocycles. The second-order valence-electron chi connectivity index (χ2n) is 39.3. The summed E-state index contributed by atoms with van der Waals surface area (Å²) in [5, 5.41) is 121. The number of carboxylic acid groups (broad SMARTS) is 6. The van der Waals surface area contributed by atoms with E-state index in [0.717, 1.165) is 97.8 Å². The lowest BCUT2D eigenvalue weighted by Gasteiger charge is -2.24. The average Bonchev–Trinajstić information content (AvgIpc) is 1.67. The summed E-state index contributed by atoms with van der Waals surface area (Å²) in [4.78, 5) is 68.2. The van der Waals surface area contributed by atoms with Crippen molar-refractivity contribution in [3.05, 3.63) is 275 Å². The summed E-state index contributed by atoms with van der Waals surface area (Å²) < 4.78 is 6.61. The van der Waals surface area contributed by atoms with E-state index in [4.69, 9.17) is 5.11 Å². The van der Waals surface area contributed by atoms with E-state index in [1.165, 1.54) is 186 Å². The molecule has 0 bridgehead atoms. The highest BCUT2D eigenvalue weighted by molar-refractivity contribution is 8.02. The Bertz CT molecular complexity index is 7830. The van der Waals surface area contributed by atoms with Gasteiger partial charge < -0.3 is 30.6 Å². The van der Waals surface area contributed by atoms with Gasteiger partial charge in [-0.3, -0.25) is 56.2 Å². The van der Waals surface area contributed by atoms with Gasteiger partial charge in [-0.2, -0.15) is 0 Å². The van der Waals surface area contributed by atoms with Crippen LogP contribution in [0.25, 0.3) is 88.0 Å². The van der Waals surface area contributed by atoms with Crippen LogP contribution in [0.15, 0.2) is 238 Å². The topological polar surface area (TPSA) is 408 Å². The molecule has 6 aromatic heterocycles. The molecule has 6 N–H and O–H groups in total. The molecular weight excluding hydrogens is 1970 g/mol. The molecule has 147 heavy (non-hydrogen) atoms. The number of rotatable bonds is 28. The summed E-state index contributed by atoms with van der Waals surface area (Å²) in [5.41, 5.74) is 17.8. The van der Waals surface area contributed by atoms with Crippen LogP contribution in [0, 0.1) is 41.5 Å². The quantitative estimate of drug-likeness (QED) is 0.0248. The molecule has 30 nitrogen and oxygen atoms in total. The fourth-order valence-electron chi connectivity index (χ4n) is 17.4. The first kappa shape index (κ1) is 108. The van der Waals surface area contributed by atoms with Crippen LogP contribution in [0.5, 0.6) is 0 Å². The zero-order chi connectivity index (χ0) is 106. The van der Waals surface area contributed by atoms with E-state index in [2.05, 4.69) is 248 Å². The maximum absolute atomic E-state index is 11.5. The van der Waals surface area contributed by atoms with Crippen molar-refractivity contribution in [1.29, 1.82) is 0 Å². The number of fused-ring (bicyclic) bond motifs is 6. The lowest BCUT2D eigenvalue weighted by atomic mass is 9.87. The minimum absolute atomic E-state index is 0.0310. The Morgan fingerprint density at radius 3 is 1.10 bits per heavy atom. The van der Waals surface area contributed by atoms with Crippen LogP contribution in [0.4, 0.5) is 0 Å². The summed E-state index contributed by atoms with van der Waals surface area (Å²) in [7, 11) is 0. The molecule has 0 saturated heterocycles. The molecule has 3 aliphatic rings. The SMILES string of the molecule is CC(C)(Sc1nncn1-c1ccc(C2CC2)c2ccccc12)C(=O)O.CCc1ccc(-n2c(C)nnc2SC(C)(C)C(=O)O)c2ccccc12.Cc1ccc(-n2c(C)nnc2SC(C)(C)C(=O)O)c2c1CCCC2.Cc1ccc2c(C)ccc(-n3cnnc3SC(C)(C)C(=O)O)c2c1.Cc1nnc(SC(C)(C)C(=O)O)n1-c1ccc(C(C)C)c2ccccc12.O=C(O)CSc1nncn1-c1ccc(C2CC2)c2ccccc12. The Labute approximate surface area is 878 Å². The molecule has 0 spiro atoms. The number of nitrogens with zero attached hydrogens (tertiary/aromatic N) is 18. The van der Waals surface area contributed by atoms with E-state index >= 15 is 0 Å². The van der Waals surface area contributed by atoms with Gasteiger partial charge in [0, 0.05) is 26.9 Å². The second kappa shape index (κ2) is 45.0. The summed E-state index contributed by atoms with van der Waals surface area (Å²) in [5.74, 6) is -1.25. The first-order valence-corrected chi connectivity index (χ1v) is 53.6. The van der Waals surface area contributed by atoms with Crippen LogP contribution < -0.4 is 0 Å². The highest BCUT2D eigenvalue weighted by Crippen LogP contribution is 2.48. The average molecular weight is 2090 g/mol. The Morgan fingerprint density at radius 1 is 0.340 bits per heavy atom. The van der Waals surface area contributed by atoms with Gasteiger partial charge in [-0.25, -0.2) is 0 Å². The number of aliphatic carboxylic acids is 6. The summed E-state index contributed by atoms with van der Waals surface area (Å²) >= 11 is 7.22. The van der Waals surface area contributed by atoms with Crippen molar-refractivity contribution in [2.45, 2.75) is 262 Å². The van der Waals surface area contributed by atoms with Gasteiger partial charge >= 0.3 is 35.8 Å². The van der Waals surface area contributed by atoms with E-state index in [0.29, 0.717) is 48.7 Å². The highest BCUT2D eigenvalue weighted by atomic mass is 32.2. The fourth-order valence-corrected chi connectivity index (χ4v) is 22.6. The van der Waals surface area contributed by atoms with E-state index in [1.807, 2.05) is 90.6 Å². The van der Waals surface area contributed by atoms with Crippen LogP contribution in [0.2, 0.25) is 0 Å². The normalized spacial score (nSPS) is 13.2. The van der Waals surface area contributed by atoms with E-state index in [9.17, 15) is 54.3 Å². The molecule has 6 heterocycles. The molecule has 0 unspecified atom stereocenters. The van der Waals surface area contributed by atoms with Crippen LogP contribution in [-0.2, 0) is 48.0 Å². The van der Waals surface area contributed by atoms with Crippen LogP contribution >= 0.6 is 70.6 Å². The number of hydrogen-bond donors (Lipinski definition) is 6. The standard InChI is InChI=1S/C20H23N3O2S.C19H19N3O2S.C19H21N3O2S.C18H19N3O2S.C18H23N3O2S.C17H15N3O2S/c1-12(2)14-10-11-17(16-9-7-6-8-15(14)16)23-13(3)21-22-19(23)26-20(4,5)18(24)25;1-19(2,17(23)24)25-18-21-20-11-22(18)16-10-9-13(12-7-8-12)14-5-3-4-6-15(14)16;1-5-13-10-11-16(15-9-7-6-8-14(13)15)22-12(2)20-21-18(22)25-19(3,4)17(23)24;1-11-5-7-13-12(2)6-8-15(14(13)9-11)21-10-19-20-17(21)24-18(3,4)16(22)23;1-11-9-10-15(14-8-6-5-7-13(11)14)21-12(2)19-20-17(21)24-18(3,4)16(22)23;21-16(22)9-23-17-19-18-10-20(17)15-8-7-12(11-5-6-11)13-3-1-2-4-14(13)15/h6-12H,1-5H3,(H,24,25);3-6,9-12H,7-8H2,1-2H3,(H,23,24);6-11H,5H2,1-4H3,(H,23,24);5-10H,1-4H3,(H,22,23);9-10H,5-8H2,1-4H3,(H,22,23);1-4,7-8,10-11H,5-6,9H2,(H,21,22). The first-order valence-electron chi connectivity index (χ1n) is 48.5. The molecule has 11 aromatic carbocycles. The molecule has 20 rings (SSSR count). The van der Waals surface area contributed by atoms with Crippen molar-refractivity contribution in [3.8, 4) is 34.1 Å². The maximum Gasteiger partial charge on any atom is 0.319 e. The van der Waals surface area contributed by atoms with Gasteiger partial charge in [0.25, 0.3) is 0 Å². The number of aromatic nitrogens is 18. The lowest BCUT2D eigenvalue weighted by Crippen LogP contribution is -2.27. The molecule has 36 heteroatoms. The highest BCUT2D eigenvalue weighted by Gasteiger charge is 2.39. The van der Waals surface area contributed by atoms with E-state index < -0.39 is 59.6 Å². The molecule has 0 radical (unpaired) electrons. The predicted octanol–water partition coefficient (Wildman–Crippen LogP) is 24.5. The second-order valence-corrected chi connectivity index (χ2v) is 48.2. The minimum atomic E-state index is -0.995. The molecule has 17 aromatic rings. The van der Waals surface area contributed by atoms with Gasteiger partial charge in [-0.05, 0) is 300 Å². The number of thioether (sulfide) groups is 6. The number of carbonyl (C=O) groups is 6. The molecular formula is C111H120N18O12S6. The van der Waals surface area contributed by atoms with Gasteiger partial charge in [0.05, 0.1) is 39.9 Å². The third kappa shape index (κ3) is 24.2. The van der Waals surface area contributed by atoms with Gasteiger partial charge in [0.2, 0.25) is 0 Å². The molecule has 0 atom stereocenters. The fraction of sp³-hybridized carbons (Fsp3) is 0.333. The van der Waals surface area contributed by atoms with Crippen molar-refractivity contribution in [2.75, 3.05) is 5.75 Å². The molecule has 3 aliphatic carbocycles. The van der Waals surface area contributed by atoms with Crippen LogP contribution in [0.3, 0.4) is 0 Å². The van der Waals surface area contributed by atoms with Gasteiger partial charge in [0.1, 0.15) is 60.2 Å². The zero-order valence-corrected chi connectivity index (χ0v) is 90.5. The van der Waals surface area contributed by atoms with Crippen molar-refractivity contribution >= 4 is 160 Å².